The summed E-state index contributed by atoms with van der Waals surface area (Å²) >= 11 is 0. The van der Waals surface area contributed by atoms with Crippen LogP contribution in [-0.2, 0) is 14.3 Å². The molecule has 5 nitrogen and oxygen atoms in total. The van der Waals surface area contributed by atoms with Crippen molar-refractivity contribution in [3.63, 3.8) is 0 Å². The van der Waals surface area contributed by atoms with E-state index in [-0.39, 0.29) is 36.3 Å². The van der Waals surface area contributed by atoms with Crippen LogP contribution >= 0.6 is 0 Å². The lowest BCUT2D eigenvalue weighted by Crippen LogP contribution is -2.49. The second-order valence-electron chi connectivity index (χ2n) is 6.13. The molecule has 2 saturated heterocycles. The molecule has 5 heteroatoms. The van der Waals surface area contributed by atoms with Gasteiger partial charge in [-0.05, 0) is 19.8 Å². The Hall–Kier alpha value is -0.940. The Morgan fingerprint density at radius 3 is 2.32 bits per heavy atom. The number of imide groups is 1. The summed E-state index contributed by atoms with van der Waals surface area (Å²) in [4.78, 5) is 26.0. The standard InChI is InChI=1S/C14H21NO4/c1-9-14(18,6-7-19-9)8-15-12(16)10-4-2-3-5-11(10)13(15)17/h9-11,18H,2-8H2,1H3. The molecule has 0 aromatic rings. The van der Waals surface area contributed by atoms with E-state index in [2.05, 4.69) is 0 Å². The van der Waals surface area contributed by atoms with Gasteiger partial charge in [0.2, 0.25) is 11.8 Å². The van der Waals surface area contributed by atoms with Gasteiger partial charge in [0.25, 0.3) is 0 Å². The smallest absolute Gasteiger partial charge is 0.233 e. The average molecular weight is 267 g/mol. The van der Waals surface area contributed by atoms with Crippen LogP contribution in [0.4, 0.5) is 0 Å². The van der Waals surface area contributed by atoms with Crippen LogP contribution in [0.15, 0.2) is 0 Å². The molecule has 0 bridgehead atoms. The number of amides is 2. The highest BCUT2D eigenvalue weighted by molar-refractivity contribution is 6.05. The van der Waals surface area contributed by atoms with Gasteiger partial charge in [0, 0.05) is 13.0 Å². The molecule has 3 aliphatic rings. The lowest BCUT2D eigenvalue weighted by Gasteiger charge is -2.30. The van der Waals surface area contributed by atoms with Crippen molar-refractivity contribution in [3.05, 3.63) is 0 Å². The van der Waals surface area contributed by atoms with E-state index in [4.69, 9.17) is 4.74 Å². The van der Waals surface area contributed by atoms with Crippen molar-refractivity contribution in [1.29, 1.82) is 0 Å². The normalized spacial score (nSPS) is 42.8. The van der Waals surface area contributed by atoms with Crippen LogP contribution in [0.25, 0.3) is 0 Å². The summed E-state index contributed by atoms with van der Waals surface area (Å²) in [6, 6.07) is 0. The molecule has 1 aliphatic carbocycles. The quantitative estimate of drug-likeness (QED) is 0.748. The number of fused-ring (bicyclic) bond motifs is 1. The molecule has 0 spiro atoms. The molecule has 0 aromatic carbocycles. The summed E-state index contributed by atoms with van der Waals surface area (Å²) in [6.07, 6.45) is 3.85. The zero-order valence-electron chi connectivity index (χ0n) is 11.3. The number of rotatable bonds is 2. The Balaban J connectivity index is 1.78. The zero-order chi connectivity index (χ0) is 13.6. The van der Waals surface area contributed by atoms with Crippen molar-refractivity contribution < 1.29 is 19.4 Å². The van der Waals surface area contributed by atoms with E-state index in [1.54, 1.807) is 6.92 Å². The van der Waals surface area contributed by atoms with Gasteiger partial charge in [-0.25, -0.2) is 0 Å². The molecule has 19 heavy (non-hydrogen) atoms. The lowest BCUT2D eigenvalue weighted by atomic mass is 9.81. The Morgan fingerprint density at radius 1 is 1.26 bits per heavy atom. The second-order valence-corrected chi connectivity index (χ2v) is 6.13. The summed E-state index contributed by atoms with van der Waals surface area (Å²) < 4.78 is 5.37. The summed E-state index contributed by atoms with van der Waals surface area (Å²) in [5.74, 6) is -0.436. The first kappa shape index (κ1) is 13.1. The first-order chi connectivity index (χ1) is 9.03. The van der Waals surface area contributed by atoms with E-state index in [1.165, 1.54) is 4.90 Å². The highest BCUT2D eigenvalue weighted by Gasteiger charge is 2.52. The fraction of sp³-hybridized carbons (Fsp3) is 0.857. The average Bonchev–Trinajstić information content (AvgIpc) is 2.85. The van der Waals surface area contributed by atoms with E-state index >= 15 is 0 Å². The third-order valence-electron chi connectivity index (χ3n) is 5.02. The largest absolute Gasteiger partial charge is 0.385 e. The molecule has 4 atom stereocenters. The Kier molecular flexibility index (Phi) is 3.14. The molecule has 3 rings (SSSR count). The number of carbonyl (C=O) groups excluding carboxylic acids is 2. The van der Waals surface area contributed by atoms with Gasteiger partial charge in [0.15, 0.2) is 0 Å². The van der Waals surface area contributed by atoms with E-state index in [1.807, 2.05) is 0 Å². The van der Waals surface area contributed by atoms with E-state index in [9.17, 15) is 14.7 Å². The SMILES string of the molecule is CC1OCCC1(O)CN1C(=O)C2CCCCC2C1=O. The van der Waals surface area contributed by atoms with Gasteiger partial charge in [-0.15, -0.1) is 0 Å². The van der Waals surface area contributed by atoms with Crippen LogP contribution in [0, 0.1) is 11.8 Å². The maximum Gasteiger partial charge on any atom is 0.233 e. The highest BCUT2D eigenvalue weighted by Crippen LogP contribution is 2.39. The third-order valence-corrected chi connectivity index (χ3v) is 5.02. The van der Waals surface area contributed by atoms with Crippen LogP contribution in [0.5, 0.6) is 0 Å². The van der Waals surface area contributed by atoms with E-state index in [0.717, 1.165) is 25.7 Å². The number of likely N-dealkylation sites (tertiary alicyclic amines) is 1. The molecule has 2 heterocycles. The van der Waals surface area contributed by atoms with Gasteiger partial charge >= 0.3 is 0 Å². The topological polar surface area (TPSA) is 66.8 Å². The molecule has 0 radical (unpaired) electrons. The monoisotopic (exact) mass is 267 g/mol. The first-order valence-corrected chi connectivity index (χ1v) is 7.22. The van der Waals surface area contributed by atoms with Gasteiger partial charge < -0.3 is 9.84 Å². The van der Waals surface area contributed by atoms with Gasteiger partial charge in [-0.1, -0.05) is 12.8 Å². The number of nitrogens with zero attached hydrogens (tertiary/aromatic N) is 1. The van der Waals surface area contributed by atoms with Crippen LogP contribution in [0.2, 0.25) is 0 Å². The fourth-order valence-electron chi connectivity index (χ4n) is 3.64. The van der Waals surface area contributed by atoms with Crippen molar-refractivity contribution in [2.24, 2.45) is 11.8 Å². The maximum atomic E-state index is 12.3. The Morgan fingerprint density at radius 2 is 1.84 bits per heavy atom. The minimum atomic E-state index is -1.07. The van der Waals surface area contributed by atoms with E-state index < -0.39 is 5.60 Å². The summed E-state index contributed by atoms with van der Waals surface area (Å²) in [6.45, 7) is 2.38. The molecule has 106 valence electrons. The van der Waals surface area contributed by atoms with Gasteiger partial charge in [-0.3, -0.25) is 14.5 Å². The van der Waals surface area contributed by atoms with Crippen molar-refractivity contribution in [3.8, 4) is 0 Å². The molecule has 4 unspecified atom stereocenters. The van der Waals surface area contributed by atoms with Crippen LogP contribution in [-0.4, -0.2) is 46.7 Å². The number of hydrogen-bond donors (Lipinski definition) is 1. The van der Waals surface area contributed by atoms with Crippen LogP contribution in [0.3, 0.4) is 0 Å². The molecular formula is C14H21NO4. The van der Waals surface area contributed by atoms with Crippen molar-refractivity contribution in [2.45, 2.75) is 50.7 Å². The fourth-order valence-corrected chi connectivity index (χ4v) is 3.64. The van der Waals surface area contributed by atoms with Crippen LogP contribution < -0.4 is 0 Å². The van der Waals surface area contributed by atoms with Crippen molar-refractivity contribution in [2.75, 3.05) is 13.2 Å². The summed E-state index contributed by atoms with van der Waals surface area (Å²) in [5.41, 5.74) is -1.07. The molecule has 1 N–H and O–H groups in total. The minimum absolute atomic E-state index is 0.0813. The van der Waals surface area contributed by atoms with Gasteiger partial charge in [0.05, 0.1) is 24.5 Å². The summed E-state index contributed by atoms with van der Waals surface area (Å²) in [5, 5.41) is 10.5. The number of aliphatic hydroxyl groups is 1. The lowest BCUT2D eigenvalue weighted by molar-refractivity contribution is -0.145. The zero-order valence-corrected chi connectivity index (χ0v) is 11.3. The molecular weight excluding hydrogens is 246 g/mol. The van der Waals surface area contributed by atoms with Crippen molar-refractivity contribution >= 4 is 11.8 Å². The van der Waals surface area contributed by atoms with Crippen molar-refractivity contribution in [1.82, 2.24) is 4.90 Å². The Labute approximate surface area is 112 Å². The first-order valence-electron chi connectivity index (χ1n) is 7.22. The summed E-state index contributed by atoms with van der Waals surface area (Å²) in [7, 11) is 0. The molecule has 2 aliphatic heterocycles. The number of β-amino-alcohol motifs (C(OH)–C–C–N with tert-alkyl or cyclic N) is 1. The van der Waals surface area contributed by atoms with Gasteiger partial charge in [-0.2, -0.15) is 0 Å². The number of ether oxygens (including phenoxy) is 1. The molecule has 0 aromatic heterocycles. The molecule has 1 saturated carbocycles. The third kappa shape index (κ3) is 1.99. The van der Waals surface area contributed by atoms with Crippen LogP contribution in [0.1, 0.15) is 39.0 Å². The Bertz CT molecular complexity index is 386. The molecule has 2 amide bonds. The number of hydrogen-bond acceptors (Lipinski definition) is 4. The predicted octanol–water partition coefficient (Wildman–Crippen LogP) is 0.701. The maximum absolute atomic E-state index is 12.3. The van der Waals surface area contributed by atoms with E-state index in [0.29, 0.717) is 13.0 Å². The number of carbonyl (C=O) groups is 2. The highest BCUT2D eigenvalue weighted by atomic mass is 16.5. The molecule has 3 fully saturated rings. The predicted molar refractivity (Wildman–Crippen MR) is 67.1 cm³/mol. The second kappa shape index (κ2) is 4.56. The minimum Gasteiger partial charge on any atom is -0.385 e. The van der Waals surface area contributed by atoms with Gasteiger partial charge in [0.1, 0.15) is 5.60 Å².